The van der Waals surface area contributed by atoms with Crippen molar-refractivity contribution in [3.8, 4) is 0 Å². The first-order chi connectivity index (χ1) is 9.00. The predicted octanol–water partition coefficient (Wildman–Crippen LogP) is 2.97. The van der Waals surface area contributed by atoms with Gasteiger partial charge in [0.25, 0.3) is 0 Å². The normalized spacial score (nSPS) is 23.6. The molecular formula is C15H21NO2S. The third-order valence-corrected chi connectivity index (χ3v) is 5.27. The van der Waals surface area contributed by atoms with Gasteiger partial charge in [0.05, 0.1) is 4.90 Å². The van der Waals surface area contributed by atoms with Crippen molar-refractivity contribution >= 4 is 10.0 Å². The van der Waals surface area contributed by atoms with Gasteiger partial charge in [0, 0.05) is 13.1 Å². The minimum atomic E-state index is -3.35. The Morgan fingerprint density at radius 1 is 1.21 bits per heavy atom. The van der Waals surface area contributed by atoms with Crippen LogP contribution in [-0.4, -0.2) is 25.8 Å². The van der Waals surface area contributed by atoms with E-state index in [1.54, 1.807) is 16.4 Å². The van der Waals surface area contributed by atoms with Gasteiger partial charge in [-0.1, -0.05) is 36.8 Å². The highest BCUT2D eigenvalue weighted by atomic mass is 32.2. The standard InChI is InChI=1S/C15H21NO2S/c1-13-7-9-15(10-8-13)19(17,18)16-11-5-3-4-6-14(2)12-16/h4,6-10,14H,3,5,11-12H2,1-2H3/b6-4-/t14-/m0/s1. The van der Waals surface area contributed by atoms with E-state index < -0.39 is 10.0 Å². The summed E-state index contributed by atoms with van der Waals surface area (Å²) in [5.74, 6) is 0.264. The zero-order valence-electron chi connectivity index (χ0n) is 11.5. The number of rotatable bonds is 2. The summed E-state index contributed by atoms with van der Waals surface area (Å²) in [7, 11) is -3.35. The van der Waals surface area contributed by atoms with Crippen LogP contribution in [0, 0.1) is 12.8 Å². The summed E-state index contributed by atoms with van der Waals surface area (Å²) in [6.45, 7) is 5.18. The third kappa shape index (κ3) is 3.45. The molecule has 0 saturated carbocycles. The molecule has 0 amide bonds. The lowest BCUT2D eigenvalue weighted by Gasteiger charge is -2.25. The molecule has 1 heterocycles. The molecule has 3 nitrogen and oxygen atoms in total. The Labute approximate surface area is 116 Å². The van der Waals surface area contributed by atoms with Crippen LogP contribution >= 0.6 is 0 Å². The third-order valence-electron chi connectivity index (χ3n) is 3.39. The van der Waals surface area contributed by atoms with E-state index in [1.807, 2.05) is 19.1 Å². The molecule has 0 aliphatic carbocycles. The van der Waals surface area contributed by atoms with Crippen molar-refractivity contribution in [3.05, 3.63) is 42.0 Å². The second kappa shape index (κ2) is 5.88. The largest absolute Gasteiger partial charge is 0.243 e. The lowest BCUT2D eigenvalue weighted by Crippen LogP contribution is -2.35. The van der Waals surface area contributed by atoms with Gasteiger partial charge in [-0.3, -0.25) is 0 Å². The van der Waals surface area contributed by atoms with Crippen molar-refractivity contribution in [1.29, 1.82) is 0 Å². The zero-order chi connectivity index (χ0) is 13.9. The molecule has 0 bridgehead atoms. The number of nitrogens with zero attached hydrogens (tertiary/aromatic N) is 1. The fraction of sp³-hybridized carbons (Fsp3) is 0.467. The molecule has 1 aliphatic rings. The van der Waals surface area contributed by atoms with E-state index >= 15 is 0 Å². The molecule has 1 atom stereocenters. The van der Waals surface area contributed by atoms with Crippen LogP contribution in [0.4, 0.5) is 0 Å². The maximum Gasteiger partial charge on any atom is 0.243 e. The molecule has 0 radical (unpaired) electrons. The van der Waals surface area contributed by atoms with Gasteiger partial charge < -0.3 is 0 Å². The van der Waals surface area contributed by atoms with Crippen LogP contribution in [-0.2, 0) is 10.0 Å². The maximum atomic E-state index is 12.6. The van der Waals surface area contributed by atoms with E-state index in [-0.39, 0.29) is 5.92 Å². The second-order valence-corrected chi connectivity index (χ2v) is 7.16. The van der Waals surface area contributed by atoms with Gasteiger partial charge in [-0.25, -0.2) is 8.42 Å². The van der Waals surface area contributed by atoms with Crippen molar-refractivity contribution in [2.45, 2.75) is 31.6 Å². The molecule has 0 fully saturated rings. The van der Waals surface area contributed by atoms with Gasteiger partial charge in [0.1, 0.15) is 0 Å². The van der Waals surface area contributed by atoms with E-state index in [0.29, 0.717) is 18.0 Å². The highest BCUT2D eigenvalue weighted by molar-refractivity contribution is 7.89. The highest BCUT2D eigenvalue weighted by Gasteiger charge is 2.25. The minimum Gasteiger partial charge on any atom is -0.207 e. The highest BCUT2D eigenvalue weighted by Crippen LogP contribution is 2.20. The molecule has 1 aromatic carbocycles. The molecule has 0 N–H and O–H groups in total. The summed E-state index contributed by atoms with van der Waals surface area (Å²) in [4.78, 5) is 0.398. The van der Waals surface area contributed by atoms with E-state index in [0.717, 1.165) is 18.4 Å². The molecule has 0 spiro atoms. The molecule has 1 aliphatic heterocycles. The van der Waals surface area contributed by atoms with Crippen molar-refractivity contribution in [2.24, 2.45) is 5.92 Å². The van der Waals surface area contributed by atoms with Crippen molar-refractivity contribution in [1.82, 2.24) is 4.31 Å². The molecular weight excluding hydrogens is 258 g/mol. The van der Waals surface area contributed by atoms with E-state index in [4.69, 9.17) is 0 Å². The summed E-state index contributed by atoms with van der Waals surface area (Å²) in [6, 6.07) is 7.09. The monoisotopic (exact) mass is 279 g/mol. The Bertz CT molecular complexity index is 546. The van der Waals surface area contributed by atoms with Crippen LogP contribution in [0.25, 0.3) is 0 Å². The topological polar surface area (TPSA) is 37.4 Å². The molecule has 4 heteroatoms. The molecule has 19 heavy (non-hydrogen) atoms. The SMILES string of the molecule is Cc1ccc(S(=O)(=O)N2CCC/C=C\[C@H](C)C2)cc1. The summed E-state index contributed by atoms with van der Waals surface area (Å²) < 4.78 is 26.8. The van der Waals surface area contributed by atoms with Crippen LogP contribution in [0.15, 0.2) is 41.3 Å². The summed E-state index contributed by atoms with van der Waals surface area (Å²) in [5, 5.41) is 0. The first kappa shape index (κ1) is 14.3. The fourth-order valence-corrected chi connectivity index (χ4v) is 3.84. The van der Waals surface area contributed by atoms with Crippen LogP contribution in [0.1, 0.15) is 25.3 Å². The number of allylic oxidation sites excluding steroid dienone is 1. The van der Waals surface area contributed by atoms with Gasteiger partial charge >= 0.3 is 0 Å². The van der Waals surface area contributed by atoms with Gasteiger partial charge in [0.15, 0.2) is 0 Å². The average molecular weight is 279 g/mol. The lowest BCUT2D eigenvalue weighted by molar-refractivity contribution is 0.371. The van der Waals surface area contributed by atoms with Crippen LogP contribution in [0.3, 0.4) is 0 Å². The van der Waals surface area contributed by atoms with Crippen molar-refractivity contribution < 1.29 is 8.42 Å². The maximum absolute atomic E-state index is 12.6. The number of hydrogen-bond acceptors (Lipinski definition) is 2. The van der Waals surface area contributed by atoms with Crippen LogP contribution < -0.4 is 0 Å². The van der Waals surface area contributed by atoms with E-state index in [1.165, 1.54) is 0 Å². The van der Waals surface area contributed by atoms with Gasteiger partial charge in [0.2, 0.25) is 10.0 Å². The summed E-state index contributed by atoms with van der Waals surface area (Å²) >= 11 is 0. The molecule has 0 aromatic heterocycles. The summed E-state index contributed by atoms with van der Waals surface area (Å²) in [5.41, 5.74) is 1.07. The number of aryl methyl sites for hydroxylation is 1. The minimum absolute atomic E-state index is 0.264. The predicted molar refractivity (Wildman–Crippen MR) is 77.5 cm³/mol. The molecule has 104 valence electrons. The van der Waals surface area contributed by atoms with Gasteiger partial charge in [-0.2, -0.15) is 4.31 Å². The van der Waals surface area contributed by atoms with E-state index in [9.17, 15) is 8.42 Å². The fourth-order valence-electron chi connectivity index (χ4n) is 2.26. The van der Waals surface area contributed by atoms with Gasteiger partial charge in [-0.05, 0) is 37.8 Å². The Morgan fingerprint density at radius 3 is 2.58 bits per heavy atom. The molecule has 0 unspecified atom stereocenters. The summed E-state index contributed by atoms with van der Waals surface area (Å²) in [6.07, 6.45) is 6.09. The number of hydrogen-bond donors (Lipinski definition) is 0. The Hall–Kier alpha value is -1.13. The average Bonchev–Trinajstić information content (AvgIpc) is 2.34. The first-order valence-corrected chi connectivity index (χ1v) is 8.17. The molecule has 1 aromatic rings. The molecule has 2 rings (SSSR count). The van der Waals surface area contributed by atoms with Crippen LogP contribution in [0.2, 0.25) is 0 Å². The van der Waals surface area contributed by atoms with Crippen molar-refractivity contribution in [3.63, 3.8) is 0 Å². The number of sulfonamides is 1. The first-order valence-electron chi connectivity index (χ1n) is 6.73. The van der Waals surface area contributed by atoms with Crippen molar-refractivity contribution in [2.75, 3.05) is 13.1 Å². The Morgan fingerprint density at radius 2 is 1.89 bits per heavy atom. The number of benzene rings is 1. The van der Waals surface area contributed by atoms with Crippen LogP contribution in [0.5, 0.6) is 0 Å². The zero-order valence-corrected chi connectivity index (χ0v) is 12.4. The quantitative estimate of drug-likeness (QED) is 0.781. The lowest BCUT2D eigenvalue weighted by atomic mass is 10.1. The smallest absolute Gasteiger partial charge is 0.207 e. The molecule has 0 saturated heterocycles. The second-order valence-electron chi connectivity index (χ2n) is 5.22. The Kier molecular flexibility index (Phi) is 4.42. The Balaban J connectivity index is 2.27. The van der Waals surface area contributed by atoms with Gasteiger partial charge in [-0.15, -0.1) is 0 Å². The van der Waals surface area contributed by atoms with E-state index in [2.05, 4.69) is 19.1 Å².